The molecule has 204 valence electrons. The van der Waals surface area contributed by atoms with Crippen LogP contribution in [-0.2, 0) is 23.7 Å². The lowest BCUT2D eigenvalue weighted by molar-refractivity contribution is 0.0449. The van der Waals surface area contributed by atoms with Crippen molar-refractivity contribution in [3.8, 4) is 0 Å². The van der Waals surface area contributed by atoms with Crippen LogP contribution in [0, 0.1) is 22.7 Å². The van der Waals surface area contributed by atoms with Gasteiger partial charge >= 0.3 is 0 Å². The second kappa shape index (κ2) is 10.3. The molecule has 0 aromatic heterocycles. The van der Waals surface area contributed by atoms with E-state index < -0.39 is 0 Å². The third-order valence-corrected chi connectivity index (χ3v) is 13.9. The summed E-state index contributed by atoms with van der Waals surface area (Å²) in [5.41, 5.74) is 7.78. The molecule has 0 radical (unpaired) electrons. The predicted octanol–water partition coefficient (Wildman–Crippen LogP) is 10.7. The molecule has 2 fully saturated rings. The molecule has 0 nitrogen and oxygen atoms in total. The molecule has 2 heteroatoms. The number of rotatable bonds is 0. The largest absolute Gasteiger partial charge is 0.122 e. The Hall–Kier alpha value is -0.790. The first-order valence-electron chi connectivity index (χ1n) is 14.4. The van der Waals surface area contributed by atoms with E-state index >= 15 is 0 Å². The first-order chi connectivity index (χ1) is 16.9. The molecule has 0 saturated heterocycles. The topological polar surface area (TPSA) is 0 Å². The van der Waals surface area contributed by atoms with E-state index in [1.807, 2.05) is 0 Å². The zero-order valence-electron chi connectivity index (χ0n) is 23.3. The molecule has 0 spiro atoms. The van der Waals surface area contributed by atoms with Crippen LogP contribution in [0.3, 0.4) is 0 Å². The van der Waals surface area contributed by atoms with Crippen molar-refractivity contribution in [2.75, 3.05) is 0 Å². The highest BCUT2D eigenvalue weighted by Gasteiger charge is 2.54. The normalized spacial score (nSPS) is 36.8. The molecule has 0 N–H and O–H groups in total. The molecule has 0 bridgehead atoms. The van der Waals surface area contributed by atoms with Crippen LogP contribution >= 0.6 is 27.5 Å². The van der Waals surface area contributed by atoms with Crippen molar-refractivity contribution >= 4 is 27.5 Å². The van der Waals surface area contributed by atoms with E-state index in [4.69, 9.17) is 11.6 Å². The molecule has 1 unspecified atom stereocenters. The van der Waals surface area contributed by atoms with Crippen LogP contribution < -0.4 is 0 Å². The van der Waals surface area contributed by atoms with Crippen LogP contribution in [0.15, 0.2) is 48.5 Å². The lowest BCUT2D eigenvalue weighted by Gasteiger charge is -2.56. The van der Waals surface area contributed by atoms with E-state index in [1.165, 1.54) is 44.9 Å². The summed E-state index contributed by atoms with van der Waals surface area (Å²) in [4.78, 5) is 0.674. The van der Waals surface area contributed by atoms with Gasteiger partial charge in [0.05, 0.1) is 0 Å². The second-order valence-corrected chi connectivity index (χ2v) is 15.6. The van der Waals surface area contributed by atoms with Crippen LogP contribution in [-0.4, -0.2) is 10.2 Å². The van der Waals surface area contributed by atoms with Crippen LogP contribution in [0.1, 0.15) is 110 Å². The molecule has 2 saturated carbocycles. The Kier molecular flexibility index (Phi) is 8.14. The third kappa shape index (κ3) is 4.67. The van der Waals surface area contributed by atoms with Gasteiger partial charge in [0, 0.05) is 10.2 Å². The summed E-state index contributed by atoms with van der Waals surface area (Å²) in [6.07, 6.45) is 10.2. The highest BCUT2D eigenvalue weighted by Crippen LogP contribution is 2.59. The molecule has 6 atom stereocenters. The standard InChI is InChI=1S/C17H23Br.C17H23Cl.CH4/c2*1-16(2)14-9-8-12-6-4-5-7-13(12)17(14,3)11-10-15(16)18;/h2*4-7,14-15H,8-11H2,1-3H3;1H4/t14-,15-,17+;14-,15?,17+;/m00./s1. The number of hydrogen-bond acceptors (Lipinski definition) is 0. The van der Waals surface area contributed by atoms with Gasteiger partial charge in [-0.1, -0.05) is 113 Å². The van der Waals surface area contributed by atoms with Gasteiger partial charge in [0.1, 0.15) is 0 Å². The Morgan fingerprint density at radius 2 is 1.08 bits per heavy atom. The maximum absolute atomic E-state index is 6.62. The lowest BCUT2D eigenvalue weighted by Crippen LogP contribution is -2.52. The number of alkyl halides is 2. The summed E-state index contributed by atoms with van der Waals surface area (Å²) < 4.78 is 0. The highest BCUT2D eigenvalue weighted by molar-refractivity contribution is 9.09. The van der Waals surface area contributed by atoms with Gasteiger partial charge in [-0.15, -0.1) is 11.6 Å². The van der Waals surface area contributed by atoms with Crippen molar-refractivity contribution in [3.63, 3.8) is 0 Å². The highest BCUT2D eigenvalue weighted by atomic mass is 79.9. The summed E-state index contributed by atoms with van der Waals surface area (Å²) in [6.45, 7) is 14.7. The SMILES string of the molecule is C.CC1(C)C(Cl)CC[C@]2(C)c3ccccc3CC[C@@H]12.CC1(C)[C@@H](Br)CC[C@]2(C)c3ccccc3CC[C@@H]12. The van der Waals surface area contributed by atoms with Crippen molar-refractivity contribution in [1.29, 1.82) is 0 Å². The van der Waals surface area contributed by atoms with Gasteiger partial charge in [0.2, 0.25) is 0 Å². The number of aryl methyl sites for hydroxylation is 2. The molecule has 6 rings (SSSR count). The van der Waals surface area contributed by atoms with E-state index in [0.29, 0.717) is 26.4 Å². The predicted molar refractivity (Wildman–Crippen MR) is 166 cm³/mol. The number of hydrogen-bond donors (Lipinski definition) is 0. The van der Waals surface area contributed by atoms with Crippen molar-refractivity contribution in [1.82, 2.24) is 0 Å². The Morgan fingerprint density at radius 3 is 1.59 bits per heavy atom. The number of fused-ring (bicyclic) bond motifs is 6. The molecule has 4 aliphatic rings. The van der Waals surface area contributed by atoms with Crippen molar-refractivity contribution < 1.29 is 0 Å². The zero-order valence-corrected chi connectivity index (χ0v) is 25.7. The molecular formula is C35H50BrCl. The van der Waals surface area contributed by atoms with Gasteiger partial charge in [-0.25, -0.2) is 0 Å². The molecule has 2 aromatic rings. The minimum absolute atomic E-state index is 0. The van der Waals surface area contributed by atoms with E-state index in [-0.39, 0.29) is 12.8 Å². The summed E-state index contributed by atoms with van der Waals surface area (Å²) in [6, 6.07) is 18.2. The Bertz CT molecular complexity index is 1010. The molecular weight excluding hydrogens is 536 g/mol. The number of benzene rings is 2. The Labute approximate surface area is 241 Å². The fraction of sp³-hybridized carbons (Fsp3) is 0.657. The fourth-order valence-corrected chi connectivity index (χ4v) is 10.1. The average molecular weight is 586 g/mol. The third-order valence-electron chi connectivity index (χ3n) is 11.5. The van der Waals surface area contributed by atoms with Crippen molar-refractivity contribution in [2.24, 2.45) is 22.7 Å². The van der Waals surface area contributed by atoms with Crippen LogP contribution in [0.5, 0.6) is 0 Å². The Morgan fingerprint density at radius 1 is 0.649 bits per heavy atom. The van der Waals surface area contributed by atoms with Gasteiger partial charge in [0.15, 0.2) is 0 Å². The van der Waals surface area contributed by atoms with Gasteiger partial charge in [-0.05, 0) is 107 Å². The molecule has 0 amide bonds. The summed E-state index contributed by atoms with van der Waals surface area (Å²) >= 11 is 10.6. The molecule has 2 aromatic carbocycles. The van der Waals surface area contributed by atoms with E-state index in [2.05, 4.69) is 106 Å². The molecule has 37 heavy (non-hydrogen) atoms. The van der Waals surface area contributed by atoms with Crippen LogP contribution in [0.2, 0.25) is 0 Å². The van der Waals surface area contributed by atoms with E-state index in [1.54, 1.807) is 22.3 Å². The quantitative estimate of drug-likeness (QED) is 0.270. The van der Waals surface area contributed by atoms with Gasteiger partial charge in [-0.2, -0.15) is 0 Å². The average Bonchev–Trinajstić information content (AvgIpc) is 2.85. The summed E-state index contributed by atoms with van der Waals surface area (Å²) in [7, 11) is 0. The lowest BCUT2D eigenvalue weighted by atomic mass is 9.50. The van der Waals surface area contributed by atoms with E-state index in [9.17, 15) is 0 Å². The summed E-state index contributed by atoms with van der Waals surface area (Å²) in [5, 5.41) is 0.334. The van der Waals surface area contributed by atoms with Crippen LogP contribution in [0.25, 0.3) is 0 Å². The first kappa shape index (κ1) is 29.2. The number of halogens is 2. The minimum atomic E-state index is 0. The molecule has 0 heterocycles. The Balaban J connectivity index is 0.000000168. The maximum atomic E-state index is 6.62. The smallest absolute Gasteiger partial charge is 0.0390 e. The van der Waals surface area contributed by atoms with Crippen LogP contribution in [0.4, 0.5) is 0 Å². The van der Waals surface area contributed by atoms with Crippen molar-refractivity contribution in [3.05, 3.63) is 70.8 Å². The summed E-state index contributed by atoms with van der Waals surface area (Å²) in [5.74, 6) is 1.52. The first-order valence-corrected chi connectivity index (χ1v) is 15.7. The molecule has 0 aliphatic heterocycles. The maximum Gasteiger partial charge on any atom is 0.0390 e. The second-order valence-electron chi connectivity index (χ2n) is 14.0. The van der Waals surface area contributed by atoms with Gasteiger partial charge in [-0.3, -0.25) is 0 Å². The molecule has 4 aliphatic carbocycles. The monoisotopic (exact) mass is 584 g/mol. The zero-order chi connectivity index (χ0) is 25.9. The van der Waals surface area contributed by atoms with Gasteiger partial charge in [0.25, 0.3) is 0 Å². The minimum Gasteiger partial charge on any atom is -0.122 e. The van der Waals surface area contributed by atoms with E-state index in [0.717, 1.165) is 18.3 Å². The fourth-order valence-electron chi connectivity index (χ4n) is 9.24. The van der Waals surface area contributed by atoms with Gasteiger partial charge < -0.3 is 0 Å². The van der Waals surface area contributed by atoms with Crippen molar-refractivity contribution in [2.45, 2.75) is 121 Å².